The number of nitrogens with two attached hydrogens (primary N) is 1. The van der Waals surface area contributed by atoms with Gasteiger partial charge in [-0.25, -0.2) is 9.78 Å². The molecule has 0 atom stereocenters. The SMILES string of the molecule is Cc1ccc([N+](=O)[O-])cc1N(C(N)=O)[C@H]1CC[C@@H](Nc2nc3c(c(N(C)C)n2)CCCC3)CC1. The van der Waals surface area contributed by atoms with E-state index in [0.717, 1.165) is 62.0 Å². The zero-order valence-electron chi connectivity index (χ0n) is 20.1. The van der Waals surface area contributed by atoms with Crippen molar-refractivity contribution in [2.24, 2.45) is 5.73 Å². The molecule has 10 heteroatoms. The summed E-state index contributed by atoms with van der Waals surface area (Å²) in [4.78, 5) is 36.4. The predicted octanol–water partition coefficient (Wildman–Crippen LogP) is 3.95. The highest BCUT2D eigenvalue weighted by Crippen LogP contribution is 2.33. The summed E-state index contributed by atoms with van der Waals surface area (Å²) >= 11 is 0. The van der Waals surface area contributed by atoms with Crippen LogP contribution >= 0.6 is 0 Å². The molecule has 1 fully saturated rings. The number of nitro benzene ring substituents is 1. The van der Waals surface area contributed by atoms with Crippen molar-refractivity contribution in [1.29, 1.82) is 0 Å². The Bertz CT molecular complexity index is 1080. The van der Waals surface area contributed by atoms with Crippen LogP contribution in [0.3, 0.4) is 0 Å². The molecule has 1 aromatic heterocycles. The smallest absolute Gasteiger partial charge is 0.319 e. The number of nitrogens with one attached hydrogen (secondary N) is 1. The number of amides is 2. The van der Waals surface area contributed by atoms with Crippen molar-refractivity contribution < 1.29 is 9.72 Å². The van der Waals surface area contributed by atoms with Gasteiger partial charge in [-0.3, -0.25) is 15.0 Å². The number of benzene rings is 1. The molecular weight excluding hydrogens is 434 g/mol. The van der Waals surface area contributed by atoms with Crippen LogP contribution in [0.15, 0.2) is 18.2 Å². The summed E-state index contributed by atoms with van der Waals surface area (Å²) in [6.07, 6.45) is 7.43. The summed E-state index contributed by atoms with van der Waals surface area (Å²) in [5.74, 6) is 1.65. The lowest BCUT2D eigenvalue weighted by Gasteiger charge is -2.37. The first kappa shape index (κ1) is 23.7. The molecule has 3 N–H and O–H groups in total. The summed E-state index contributed by atoms with van der Waals surface area (Å²) in [5, 5.41) is 14.8. The van der Waals surface area contributed by atoms with Crippen LogP contribution in [-0.4, -0.2) is 47.1 Å². The zero-order valence-corrected chi connectivity index (χ0v) is 20.1. The van der Waals surface area contributed by atoms with Crippen LogP contribution in [0.2, 0.25) is 0 Å². The molecule has 1 aromatic carbocycles. The number of anilines is 3. The Morgan fingerprint density at radius 1 is 1.15 bits per heavy atom. The van der Waals surface area contributed by atoms with E-state index >= 15 is 0 Å². The molecule has 0 unspecified atom stereocenters. The van der Waals surface area contributed by atoms with Gasteiger partial charge in [0.15, 0.2) is 0 Å². The number of hydrogen-bond donors (Lipinski definition) is 2. The first-order valence-electron chi connectivity index (χ1n) is 11.9. The van der Waals surface area contributed by atoms with E-state index in [1.54, 1.807) is 6.07 Å². The fourth-order valence-corrected chi connectivity index (χ4v) is 5.14. The molecule has 1 saturated carbocycles. The molecule has 182 valence electrons. The number of nitro groups is 1. The number of primary amides is 1. The average Bonchev–Trinajstić information content (AvgIpc) is 2.80. The fourth-order valence-electron chi connectivity index (χ4n) is 5.14. The Morgan fingerprint density at radius 3 is 2.50 bits per heavy atom. The highest BCUT2D eigenvalue weighted by atomic mass is 16.6. The number of fused-ring (bicyclic) bond motifs is 1. The number of aryl methyl sites for hydroxylation is 2. The molecular formula is C24H33N7O3. The Kier molecular flexibility index (Phi) is 6.85. The third-order valence-electron chi connectivity index (χ3n) is 6.88. The molecule has 0 aliphatic heterocycles. The highest BCUT2D eigenvalue weighted by Gasteiger charge is 2.31. The zero-order chi connectivity index (χ0) is 24.4. The molecule has 4 rings (SSSR count). The summed E-state index contributed by atoms with van der Waals surface area (Å²) < 4.78 is 0. The van der Waals surface area contributed by atoms with Crippen LogP contribution in [-0.2, 0) is 12.8 Å². The van der Waals surface area contributed by atoms with Gasteiger partial charge >= 0.3 is 6.03 Å². The van der Waals surface area contributed by atoms with Gasteiger partial charge in [-0.15, -0.1) is 0 Å². The lowest BCUT2D eigenvalue weighted by Crippen LogP contribution is -2.47. The van der Waals surface area contributed by atoms with E-state index in [1.807, 2.05) is 21.0 Å². The maximum Gasteiger partial charge on any atom is 0.319 e. The number of nitrogens with zero attached hydrogens (tertiary/aromatic N) is 5. The quantitative estimate of drug-likeness (QED) is 0.486. The molecule has 0 radical (unpaired) electrons. The molecule has 2 aliphatic rings. The number of carbonyl (C=O) groups excluding carboxylic acids is 1. The molecule has 34 heavy (non-hydrogen) atoms. The van der Waals surface area contributed by atoms with E-state index in [-0.39, 0.29) is 17.8 Å². The first-order valence-corrected chi connectivity index (χ1v) is 11.9. The second-order valence-corrected chi connectivity index (χ2v) is 9.48. The van der Waals surface area contributed by atoms with Gasteiger partial charge in [0.2, 0.25) is 5.95 Å². The van der Waals surface area contributed by atoms with Crippen molar-refractivity contribution in [1.82, 2.24) is 9.97 Å². The van der Waals surface area contributed by atoms with Gasteiger partial charge < -0.3 is 16.0 Å². The number of hydrogen-bond acceptors (Lipinski definition) is 7. The van der Waals surface area contributed by atoms with E-state index < -0.39 is 11.0 Å². The van der Waals surface area contributed by atoms with Crippen molar-refractivity contribution in [3.05, 3.63) is 45.1 Å². The monoisotopic (exact) mass is 467 g/mol. The fraction of sp³-hybridized carbons (Fsp3) is 0.542. The van der Waals surface area contributed by atoms with Crippen LogP contribution < -0.4 is 20.9 Å². The van der Waals surface area contributed by atoms with Crippen molar-refractivity contribution in [2.45, 2.75) is 70.4 Å². The Labute approximate surface area is 199 Å². The maximum atomic E-state index is 12.4. The van der Waals surface area contributed by atoms with Gasteiger partial charge in [-0.1, -0.05) is 6.07 Å². The second-order valence-electron chi connectivity index (χ2n) is 9.48. The molecule has 10 nitrogen and oxygen atoms in total. The normalized spacial score (nSPS) is 19.7. The maximum absolute atomic E-state index is 12.4. The standard InChI is InChI=1S/C24H33N7O3/c1-15-8-11-18(31(33)34)14-21(15)30(23(25)32)17-12-9-16(10-13-17)26-24-27-20-7-5-4-6-19(20)22(28-24)29(2)3/h8,11,14,16-17H,4-7,9-10,12-13H2,1-3H3,(H2,25,32)(H,26,27,28)/t16-,17+. The average molecular weight is 468 g/mol. The largest absolute Gasteiger partial charge is 0.362 e. The van der Waals surface area contributed by atoms with Gasteiger partial charge in [0.05, 0.1) is 16.3 Å². The number of non-ortho nitro benzene ring substituents is 1. The summed E-state index contributed by atoms with van der Waals surface area (Å²) in [6.45, 7) is 1.83. The number of carbonyl (C=O) groups is 1. The number of aromatic nitrogens is 2. The summed E-state index contributed by atoms with van der Waals surface area (Å²) in [5.41, 5.74) is 9.37. The van der Waals surface area contributed by atoms with Gasteiger partial charge in [0, 0.05) is 43.9 Å². The minimum atomic E-state index is -0.589. The Balaban J connectivity index is 1.48. The van der Waals surface area contributed by atoms with E-state index in [4.69, 9.17) is 15.7 Å². The minimum Gasteiger partial charge on any atom is -0.362 e. The van der Waals surface area contributed by atoms with Crippen molar-refractivity contribution in [3.8, 4) is 0 Å². The van der Waals surface area contributed by atoms with Gasteiger partial charge in [-0.2, -0.15) is 4.98 Å². The van der Waals surface area contributed by atoms with E-state index in [9.17, 15) is 14.9 Å². The number of urea groups is 1. The van der Waals surface area contributed by atoms with Gasteiger partial charge in [0.1, 0.15) is 5.82 Å². The molecule has 2 aliphatic carbocycles. The highest BCUT2D eigenvalue weighted by molar-refractivity contribution is 5.92. The topological polar surface area (TPSA) is 131 Å². The van der Waals surface area contributed by atoms with Crippen LogP contribution in [0, 0.1) is 17.0 Å². The third kappa shape index (κ3) is 4.90. The Morgan fingerprint density at radius 2 is 1.85 bits per heavy atom. The lowest BCUT2D eigenvalue weighted by atomic mass is 9.89. The first-order chi connectivity index (χ1) is 16.2. The summed E-state index contributed by atoms with van der Waals surface area (Å²) in [7, 11) is 4.03. The van der Waals surface area contributed by atoms with E-state index in [0.29, 0.717) is 11.6 Å². The van der Waals surface area contributed by atoms with Gasteiger partial charge in [-0.05, 0) is 63.9 Å². The minimum absolute atomic E-state index is 0.0524. The molecule has 2 aromatic rings. The van der Waals surface area contributed by atoms with Crippen LogP contribution in [0.4, 0.5) is 27.9 Å². The van der Waals surface area contributed by atoms with Crippen molar-refractivity contribution in [3.63, 3.8) is 0 Å². The van der Waals surface area contributed by atoms with Crippen LogP contribution in [0.25, 0.3) is 0 Å². The summed E-state index contributed by atoms with van der Waals surface area (Å²) in [6, 6.07) is 4.03. The van der Waals surface area contributed by atoms with Crippen molar-refractivity contribution >= 4 is 29.2 Å². The Hall–Kier alpha value is -3.43. The van der Waals surface area contributed by atoms with E-state index in [2.05, 4.69) is 10.2 Å². The molecule has 0 spiro atoms. The van der Waals surface area contributed by atoms with Crippen molar-refractivity contribution in [2.75, 3.05) is 29.2 Å². The van der Waals surface area contributed by atoms with Crippen LogP contribution in [0.1, 0.15) is 55.3 Å². The van der Waals surface area contributed by atoms with Crippen LogP contribution in [0.5, 0.6) is 0 Å². The third-order valence-corrected chi connectivity index (χ3v) is 6.88. The van der Waals surface area contributed by atoms with E-state index in [1.165, 1.54) is 29.0 Å². The molecule has 1 heterocycles. The lowest BCUT2D eigenvalue weighted by molar-refractivity contribution is -0.384. The second kappa shape index (κ2) is 9.82. The predicted molar refractivity (Wildman–Crippen MR) is 133 cm³/mol. The molecule has 0 saturated heterocycles. The van der Waals surface area contributed by atoms with Gasteiger partial charge in [0.25, 0.3) is 5.69 Å². The number of rotatable bonds is 6. The molecule has 2 amide bonds. The molecule has 0 bridgehead atoms.